The zero-order valence-corrected chi connectivity index (χ0v) is 18.8. The molecule has 2 unspecified atom stereocenters. The number of nitrogens with one attached hydrogen (secondary N) is 1. The number of nitrogens with zero attached hydrogens (tertiary/aromatic N) is 4. The first-order chi connectivity index (χ1) is 14.2. The number of benzene rings is 1. The summed E-state index contributed by atoms with van der Waals surface area (Å²) in [4.78, 5) is 28.4. The summed E-state index contributed by atoms with van der Waals surface area (Å²) in [5.74, 6) is -0.525. The average Bonchev–Trinajstić information content (AvgIpc) is 3.33. The van der Waals surface area contributed by atoms with Crippen LogP contribution in [0.15, 0.2) is 35.4 Å². The molecule has 0 spiro atoms. The van der Waals surface area contributed by atoms with E-state index in [1.807, 2.05) is 51.3 Å². The Morgan fingerprint density at radius 3 is 2.70 bits per heavy atom. The Morgan fingerprint density at radius 1 is 1.33 bits per heavy atom. The molecule has 0 bridgehead atoms. The van der Waals surface area contributed by atoms with E-state index in [1.54, 1.807) is 22.6 Å². The van der Waals surface area contributed by atoms with Crippen molar-refractivity contribution in [2.75, 3.05) is 19.8 Å². The van der Waals surface area contributed by atoms with Gasteiger partial charge < -0.3 is 15.3 Å². The van der Waals surface area contributed by atoms with Crippen LogP contribution < -0.4 is 5.32 Å². The summed E-state index contributed by atoms with van der Waals surface area (Å²) < 4.78 is 1.58. The second-order valence-electron chi connectivity index (χ2n) is 8.59. The maximum absolute atomic E-state index is 13.6. The molecule has 3 atom stereocenters. The Bertz CT molecular complexity index is 923. The standard InChI is InChI=1S/C21H29N5O3S/c1-21(2,3)18(20(29)25-11-14(27)10-17(25)19(28)22-4)26-12-16(23-24-26)13-7-6-8-15(9-13)30-5/h6-9,12,14,17-18,27H,10-11H2,1-5H3,(H,22,28)/t14?,17-,18?/m1/s1. The fraction of sp³-hybridized carbons (Fsp3) is 0.524. The van der Waals surface area contributed by atoms with Gasteiger partial charge in [-0.1, -0.05) is 38.1 Å². The summed E-state index contributed by atoms with van der Waals surface area (Å²) in [6, 6.07) is 6.62. The minimum atomic E-state index is -0.725. The molecule has 0 radical (unpaired) electrons. The molecular weight excluding hydrogens is 402 g/mol. The molecule has 2 N–H and O–H groups in total. The van der Waals surface area contributed by atoms with Crippen molar-refractivity contribution in [3.8, 4) is 11.3 Å². The van der Waals surface area contributed by atoms with Gasteiger partial charge in [-0.15, -0.1) is 16.9 Å². The average molecular weight is 432 g/mol. The number of carbonyl (C=O) groups is 2. The third-order valence-corrected chi connectivity index (χ3v) is 6.03. The second-order valence-corrected chi connectivity index (χ2v) is 9.47. The van der Waals surface area contributed by atoms with E-state index in [2.05, 4.69) is 15.6 Å². The molecule has 0 saturated carbocycles. The highest BCUT2D eigenvalue weighted by molar-refractivity contribution is 7.98. The van der Waals surface area contributed by atoms with Gasteiger partial charge in [-0.25, -0.2) is 4.68 Å². The molecule has 0 aliphatic carbocycles. The SMILES string of the molecule is CNC(=O)[C@H]1CC(O)CN1C(=O)C(n1cc(-c2cccc(SC)c2)nn1)C(C)(C)C. The Labute approximate surface area is 181 Å². The van der Waals surface area contributed by atoms with Crippen LogP contribution in [0, 0.1) is 5.41 Å². The minimum Gasteiger partial charge on any atom is -0.391 e. The first kappa shape index (κ1) is 22.3. The molecule has 162 valence electrons. The lowest BCUT2D eigenvalue weighted by Crippen LogP contribution is -2.49. The zero-order chi connectivity index (χ0) is 22.1. The zero-order valence-electron chi connectivity index (χ0n) is 18.0. The van der Waals surface area contributed by atoms with E-state index < -0.39 is 23.6 Å². The third kappa shape index (κ3) is 4.52. The number of hydrogen-bond donors (Lipinski definition) is 2. The van der Waals surface area contributed by atoms with Gasteiger partial charge in [0.05, 0.1) is 12.3 Å². The first-order valence-corrected chi connectivity index (χ1v) is 11.1. The van der Waals surface area contributed by atoms with Gasteiger partial charge in [0.25, 0.3) is 0 Å². The van der Waals surface area contributed by atoms with Crippen molar-refractivity contribution in [3.63, 3.8) is 0 Å². The van der Waals surface area contributed by atoms with Gasteiger partial charge in [0.15, 0.2) is 0 Å². The Morgan fingerprint density at radius 2 is 2.07 bits per heavy atom. The van der Waals surface area contributed by atoms with E-state index in [1.165, 1.54) is 11.9 Å². The van der Waals surface area contributed by atoms with Crippen LogP contribution in [-0.4, -0.2) is 68.8 Å². The van der Waals surface area contributed by atoms with Gasteiger partial charge in [0, 0.05) is 30.5 Å². The molecule has 1 saturated heterocycles. The van der Waals surface area contributed by atoms with Crippen LogP contribution in [-0.2, 0) is 9.59 Å². The van der Waals surface area contributed by atoms with Crippen molar-refractivity contribution in [3.05, 3.63) is 30.5 Å². The number of rotatable bonds is 5. The smallest absolute Gasteiger partial charge is 0.248 e. The molecule has 8 nitrogen and oxygen atoms in total. The number of likely N-dealkylation sites (N-methyl/N-ethyl adjacent to an activating group) is 1. The molecule has 2 amide bonds. The van der Waals surface area contributed by atoms with Gasteiger partial charge in [-0.3, -0.25) is 9.59 Å². The van der Waals surface area contributed by atoms with Crippen LogP contribution in [0.5, 0.6) is 0 Å². The topological polar surface area (TPSA) is 100 Å². The number of hydrogen-bond acceptors (Lipinski definition) is 6. The molecule has 1 aromatic heterocycles. The molecular formula is C21H29N5O3S. The molecule has 2 heterocycles. The van der Waals surface area contributed by atoms with E-state index in [4.69, 9.17) is 0 Å². The highest BCUT2D eigenvalue weighted by Crippen LogP contribution is 2.35. The molecule has 1 aliphatic heterocycles. The van der Waals surface area contributed by atoms with Crippen molar-refractivity contribution in [1.29, 1.82) is 0 Å². The van der Waals surface area contributed by atoms with Gasteiger partial charge >= 0.3 is 0 Å². The number of amides is 2. The number of thioether (sulfide) groups is 1. The van der Waals surface area contributed by atoms with Crippen molar-refractivity contribution >= 4 is 23.6 Å². The largest absolute Gasteiger partial charge is 0.391 e. The molecule has 1 aromatic carbocycles. The van der Waals surface area contributed by atoms with Crippen molar-refractivity contribution in [1.82, 2.24) is 25.2 Å². The van der Waals surface area contributed by atoms with Crippen LogP contribution >= 0.6 is 11.8 Å². The summed E-state index contributed by atoms with van der Waals surface area (Å²) in [5.41, 5.74) is 1.12. The molecule has 1 aliphatic rings. The van der Waals surface area contributed by atoms with Crippen LogP contribution in [0.2, 0.25) is 0 Å². The van der Waals surface area contributed by atoms with E-state index in [0.717, 1.165) is 10.5 Å². The lowest BCUT2D eigenvalue weighted by Gasteiger charge is -2.34. The number of aliphatic hydroxyl groups excluding tert-OH is 1. The Balaban J connectivity index is 1.95. The number of carbonyl (C=O) groups excluding carboxylic acids is 2. The summed E-state index contributed by atoms with van der Waals surface area (Å²) in [7, 11) is 1.53. The highest BCUT2D eigenvalue weighted by atomic mass is 32.2. The summed E-state index contributed by atoms with van der Waals surface area (Å²) >= 11 is 1.64. The summed E-state index contributed by atoms with van der Waals surface area (Å²) in [5, 5.41) is 21.3. The van der Waals surface area contributed by atoms with Gasteiger partial charge in [0.2, 0.25) is 11.8 Å². The highest BCUT2D eigenvalue weighted by Gasteiger charge is 2.45. The van der Waals surface area contributed by atoms with Crippen LogP contribution in [0.4, 0.5) is 0 Å². The van der Waals surface area contributed by atoms with E-state index >= 15 is 0 Å². The number of likely N-dealkylation sites (tertiary alicyclic amines) is 1. The monoisotopic (exact) mass is 431 g/mol. The predicted molar refractivity (Wildman–Crippen MR) is 116 cm³/mol. The van der Waals surface area contributed by atoms with Gasteiger partial charge in [-0.2, -0.15) is 0 Å². The van der Waals surface area contributed by atoms with Gasteiger partial charge in [0.1, 0.15) is 17.8 Å². The molecule has 9 heteroatoms. The fourth-order valence-corrected chi connectivity index (χ4v) is 4.29. The fourth-order valence-electron chi connectivity index (χ4n) is 3.83. The molecule has 2 aromatic rings. The van der Waals surface area contributed by atoms with Crippen LogP contribution in [0.3, 0.4) is 0 Å². The van der Waals surface area contributed by atoms with Crippen LogP contribution in [0.25, 0.3) is 11.3 Å². The molecule has 1 fully saturated rings. The van der Waals surface area contributed by atoms with E-state index in [-0.39, 0.29) is 24.8 Å². The van der Waals surface area contributed by atoms with E-state index in [9.17, 15) is 14.7 Å². The summed E-state index contributed by atoms with van der Waals surface area (Å²) in [6.07, 6.45) is 3.29. The van der Waals surface area contributed by atoms with Crippen molar-refractivity contribution in [2.24, 2.45) is 5.41 Å². The number of β-amino-alcohol motifs (C(OH)–C–C–N with tert-alkyl or cyclic N) is 1. The second kappa shape index (κ2) is 8.77. The lowest BCUT2D eigenvalue weighted by molar-refractivity contribution is -0.144. The Kier molecular flexibility index (Phi) is 6.52. The van der Waals surface area contributed by atoms with E-state index in [0.29, 0.717) is 5.69 Å². The predicted octanol–water partition coefficient (Wildman–Crippen LogP) is 1.96. The molecule has 3 rings (SSSR count). The minimum absolute atomic E-state index is 0.126. The Hall–Kier alpha value is -2.39. The summed E-state index contributed by atoms with van der Waals surface area (Å²) in [6.45, 7) is 5.98. The first-order valence-electron chi connectivity index (χ1n) is 9.92. The lowest BCUT2D eigenvalue weighted by atomic mass is 9.85. The van der Waals surface area contributed by atoms with Gasteiger partial charge in [-0.05, 0) is 23.8 Å². The van der Waals surface area contributed by atoms with Crippen LogP contribution in [0.1, 0.15) is 33.2 Å². The van der Waals surface area contributed by atoms with Crippen molar-refractivity contribution in [2.45, 2.75) is 50.3 Å². The quantitative estimate of drug-likeness (QED) is 0.702. The maximum Gasteiger partial charge on any atom is 0.248 e. The maximum atomic E-state index is 13.6. The third-order valence-electron chi connectivity index (χ3n) is 5.31. The number of aliphatic hydroxyl groups is 1. The van der Waals surface area contributed by atoms with Crippen molar-refractivity contribution < 1.29 is 14.7 Å². The number of aromatic nitrogens is 3. The molecule has 30 heavy (non-hydrogen) atoms. The normalized spacial score (nSPS) is 20.3.